The minimum absolute atomic E-state index is 0. The van der Waals surface area contributed by atoms with E-state index in [2.05, 4.69) is 20.8 Å². The van der Waals surface area contributed by atoms with Gasteiger partial charge in [-0.1, -0.05) is 23.1 Å². The van der Waals surface area contributed by atoms with Crippen molar-refractivity contribution in [3.05, 3.63) is 28.8 Å². The Balaban J connectivity index is 0.00000220. The summed E-state index contributed by atoms with van der Waals surface area (Å²) in [5.41, 5.74) is 1.86. The number of rotatable bonds is 5. The molecule has 1 amide bonds. The van der Waals surface area contributed by atoms with E-state index in [0.29, 0.717) is 6.54 Å². The second-order valence-corrected chi connectivity index (χ2v) is 6.75. The predicted octanol–water partition coefficient (Wildman–Crippen LogP) is 2.89. The van der Waals surface area contributed by atoms with Gasteiger partial charge in [-0.3, -0.25) is 4.79 Å². The van der Waals surface area contributed by atoms with Gasteiger partial charge in [-0.2, -0.15) is 0 Å². The smallest absolute Gasteiger partial charge is 0.238 e. The lowest BCUT2D eigenvalue weighted by atomic mass is 10.2. The third kappa shape index (κ3) is 5.28. The van der Waals surface area contributed by atoms with E-state index in [4.69, 9.17) is 0 Å². The van der Waals surface area contributed by atoms with Crippen LogP contribution in [0.25, 0.3) is 0 Å². The second-order valence-electron chi connectivity index (χ2n) is 4.24. The van der Waals surface area contributed by atoms with Gasteiger partial charge in [0.1, 0.15) is 5.01 Å². The van der Waals surface area contributed by atoms with E-state index in [1.54, 1.807) is 30.1 Å². The number of aromatic nitrogens is 2. The molecule has 2 rings (SSSR count). The molecule has 0 aliphatic rings. The standard InChI is InChI=1S/C13H16N4OS2.ClH/c1-8-6-10(20-13-17-16-9(2)19-13)4-5-11(8)15-12(18)7-14-3;/h4-6,14H,7H2,1-3H3,(H,15,18);1H. The number of likely N-dealkylation sites (N-methyl/N-ethyl adjacent to an activating group) is 1. The Morgan fingerprint density at radius 3 is 2.67 bits per heavy atom. The van der Waals surface area contributed by atoms with E-state index in [0.717, 1.165) is 25.5 Å². The lowest BCUT2D eigenvalue weighted by Crippen LogP contribution is -2.25. The van der Waals surface area contributed by atoms with Gasteiger partial charge in [0.05, 0.1) is 6.54 Å². The van der Waals surface area contributed by atoms with Gasteiger partial charge >= 0.3 is 0 Å². The number of carbonyl (C=O) groups is 1. The third-order valence-electron chi connectivity index (χ3n) is 2.52. The number of aryl methyl sites for hydroxylation is 2. The van der Waals surface area contributed by atoms with Gasteiger partial charge in [0.2, 0.25) is 5.91 Å². The van der Waals surface area contributed by atoms with Crippen molar-refractivity contribution in [1.82, 2.24) is 15.5 Å². The molecule has 0 saturated carbocycles. The van der Waals surface area contributed by atoms with E-state index >= 15 is 0 Å². The summed E-state index contributed by atoms with van der Waals surface area (Å²) in [4.78, 5) is 12.6. The summed E-state index contributed by atoms with van der Waals surface area (Å²) >= 11 is 3.15. The highest BCUT2D eigenvalue weighted by Gasteiger charge is 2.07. The van der Waals surface area contributed by atoms with Crippen molar-refractivity contribution in [3.8, 4) is 0 Å². The van der Waals surface area contributed by atoms with Gasteiger partial charge in [-0.15, -0.1) is 22.6 Å². The van der Waals surface area contributed by atoms with Gasteiger partial charge in [-0.05, 0) is 44.7 Å². The highest BCUT2D eigenvalue weighted by Crippen LogP contribution is 2.31. The topological polar surface area (TPSA) is 66.9 Å². The zero-order valence-electron chi connectivity index (χ0n) is 12.0. The minimum atomic E-state index is -0.0456. The summed E-state index contributed by atoms with van der Waals surface area (Å²) in [5, 5.41) is 14.7. The molecule has 114 valence electrons. The van der Waals surface area contributed by atoms with E-state index in [1.807, 2.05) is 32.0 Å². The fraction of sp³-hybridized carbons (Fsp3) is 0.308. The van der Waals surface area contributed by atoms with Crippen molar-refractivity contribution in [3.63, 3.8) is 0 Å². The fourth-order valence-electron chi connectivity index (χ4n) is 1.62. The molecule has 21 heavy (non-hydrogen) atoms. The summed E-state index contributed by atoms with van der Waals surface area (Å²) in [6.45, 7) is 4.22. The van der Waals surface area contributed by atoms with Crippen LogP contribution < -0.4 is 10.6 Å². The molecule has 0 aliphatic carbocycles. The van der Waals surface area contributed by atoms with Crippen molar-refractivity contribution >= 4 is 47.1 Å². The largest absolute Gasteiger partial charge is 0.325 e. The highest BCUT2D eigenvalue weighted by atomic mass is 35.5. The molecule has 5 nitrogen and oxygen atoms in total. The number of anilines is 1. The van der Waals surface area contributed by atoms with E-state index in [1.165, 1.54) is 0 Å². The van der Waals surface area contributed by atoms with Gasteiger partial charge in [0, 0.05) is 10.6 Å². The van der Waals surface area contributed by atoms with Gasteiger partial charge < -0.3 is 10.6 Å². The van der Waals surface area contributed by atoms with Crippen LogP contribution in [0.2, 0.25) is 0 Å². The maximum Gasteiger partial charge on any atom is 0.238 e. The summed E-state index contributed by atoms with van der Waals surface area (Å²) in [6, 6.07) is 5.93. The Kier molecular flexibility index (Phi) is 7.10. The van der Waals surface area contributed by atoms with Crippen LogP contribution in [-0.4, -0.2) is 29.7 Å². The Morgan fingerprint density at radius 1 is 1.33 bits per heavy atom. The predicted molar refractivity (Wildman–Crippen MR) is 89.8 cm³/mol. The molecule has 0 fully saturated rings. The van der Waals surface area contributed by atoms with Crippen molar-refractivity contribution in [2.75, 3.05) is 18.9 Å². The number of amides is 1. The summed E-state index contributed by atoms with van der Waals surface area (Å²) in [7, 11) is 1.75. The first-order valence-electron chi connectivity index (χ1n) is 6.11. The van der Waals surface area contributed by atoms with Crippen LogP contribution in [0.15, 0.2) is 27.4 Å². The lowest BCUT2D eigenvalue weighted by Gasteiger charge is -2.09. The number of nitrogens with one attached hydrogen (secondary N) is 2. The van der Waals surface area contributed by atoms with Crippen molar-refractivity contribution in [2.24, 2.45) is 0 Å². The second kappa shape index (κ2) is 8.33. The molecule has 0 atom stereocenters. The molecule has 0 bridgehead atoms. The van der Waals surface area contributed by atoms with Gasteiger partial charge in [0.15, 0.2) is 4.34 Å². The van der Waals surface area contributed by atoms with E-state index in [-0.39, 0.29) is 18.3 Å². The van der Waals surface area contributed by atoms with Crippen LogP contribution in [0.3, 0.4) is 0 Å². The van der Waals surface area contributed by atoms with Crippen molar-refractivity contribution in [1.29, 1.82) is 0 Å². The Hall–Kier alpha value is -1.15. The van der Waals surface area contributed by atoms with Crippen LogP contribution in [-0.2, 0) is 4.79 Å². The molecule has 0 radical (unpaired) electrons. The molecule has 0 spiro atoms. The molecule has 1 aromatic carbocycles. The number of halogens is 1. The fourth-order valence-corrected chi connectivity index (χ4v) is 3.50. The molecular formula is C13H17ClN4OS2. The Morgan fingerprint density at radius 2 is 2.10 bits per heavy atom. The van der Waals surface area contributed by atoms with Gasteiger partial charge in [-0.25, -0.2) is 0 Å². The van der Waals surface area contributed by atoms with E-state index in [9.17, 15) is 4.79 Å². The first-order chi connectivity index (χ1) is 9.58. The van der Waals surface area contributed by atoms with Crippen molar-refractivity contribution in [2.45, 2.75) is 23.1 Å². The summed E-state index contributed by atoms with van der Waals surface area (Å²) in [6.07, 6.45) is 0. The molecule has 2 N–H and O–H groups in total. The first kappa shape index (κ1) is 17.9. The molecule has 2 aromatic rings. The van der Waals surface area contributed by atoms with Crippen LogP contribution in [0.1, 0.15) is 10.6 Å². The summed E-state index contributed by atoms with van der Waals surface area (Å²) in [5.74, 6) is -0.0456. The van der Waals surface area contributed by atoms with Crippen LogP contribution in [0.4, 0.5) is 5.69 Å². The molecule has 0 saturated heterocycles. The molecule has 8 heteroatoms. The number of carbonyl (C=O) groups excluding carboxylic acids is 1. The third-order valence-corrected chi connectivity index (χ3v) is 4.40. The average Bonchev–Trinajstić information content (AvgIpc) is 2.78. The van der Waals surface area contributed by atoms with Gasteiger partial charge in [0.25, 0.3) is 0 Å². The SMILES string of the molecule is CNCC(=O)Nc1ccc(Sc2nnc(C)s2)cc1C.Cl. The maximum absolute atomic E-state index is 11.5. The quantitative estimate of drug-likeness (QED) is 0.873. The number of hydrogen-bond donors (Lipinski definition) is 2. The first-order valence-corrected chi connectivity index (χ1v) is 7.75. The van der Waals surface area contributed by atoms with Crippen LogP contribution in [0.5, 0.6) is 0 Å². The molecule has 1 heterocycles. The van der Waals surface area contributed by atoms with E-state index < -0.39 is 0 Å². The lowest BCUT2D eigenvalue weighted by molar-refractivity contribution is -0.115. The number of hydrogen-bond acceptors (Lipinski definition) is 6. The normalized spacial score (nSPS) is 10.0. The number of nitrogens with zero attached hydrogens (tertiary/aromatic N) is 2. The number of benzene rings is 1. The summed E-state index contributed by atoms with van der Waals surface area (Å²) < 4.78 is 0.925. The Labute approximate surface area is 138 Å². The zero-order valence-corrected chi connectivity index (χ0v) is 14.4. The van der Waals surface area contributed by atoms with Crippen molar-refractivity contribution < 1.29 is 4.79 Å². The highest BCUT2D eigenvalue weighted by molar-refractivity contribution is 8.01. The average molecular weight is 345 g/mol. The van der Waals surface area contributed by atoms with Crippen LogP contribution in [0, 0.1) is 13.8 Å². The molecule has 1 aromatic heterocycles. The maximum atomic E-state index is 11.5. The minimum Gasteiger partial charge on any atom is -0.325 e. The molecular weight excluding hydrogens is 328 g/mol. The molecule has 0 unspecified atom stereocenters. The Bertz CT molecular complexity index is 618. The molecule has 0 aliphatic heterocycles. The van der Waals surface area contributed by atoms with Crippen LogP contribution >= 0.6 is 35.5 Å². The zero-order chi connectivity index (χ0) is 14.5. The monoisotopic (exact) mass is 344 g/mol.